The first kappa shape index (κ1) is 13.7. The summed E-state index contributed by atoms with van der Waals surface area (Å²) >= 11 is 3.95. The lowest BCUT2D eigenvalue weighted by Gasteiger charge is -2.07. The Morgan fingerprint density at radius 2 is 2.06 bits per heavy atom. The molecule has 0 amide bonds. The number of benzene rings is 1. The third kappa shape index (κ3) is 3.82. The summed E-state index contributed by atoms with van der Waals surface area (Å²) in [7, 11) is 0. The molecule has 0 unspecified atom stereocenters. The maximum Gasteiger partial charge on any atom is 0.416 e. The van der Waals surface area contributed by atoms with Gasteiger partial charge >= 0.3 is 6.18 Å². The number of rotatable bonds is 2. The smallest absolute Gasteiger partial charge is 0.298 e. The lowest BCUT2D eigenvalue weighted by atomic mass is 10.0. The van der Waals surface area contributed by atoms with Crippen LogP contribution < -0.4 is 0 Å². The summed E-state index contributed by atoms with van der Waals surface area (Å²) in [5.41, 5.74) is -0.597. The van der Waals surface area contributed by atoms with Gasteiger partial charge < -0.3 is 0 Å². The molecular formula is C12H9F3OS. The highest BCUT2D eigenvalue weighted by Crippen LogP contribution is 2.30. The average molecular weight is 258 g/mol. The first-order valence-corrected chi connectivity index (χ1v) is 5.38. The van der Waals surface area contributed by atoms with Crippen molar-refractivity contribution in [3.8, 4) is 11.8 Å². The predicted molar refractivity (Wildman–Crippen MR) is 62.2 cm³/mol. The zero-order valence-corrected chi connectivity index (χ0v) is 9.61. The van der Waals surface area contributed by atoms with Crippen LogP contribution in [0.1, 0.15) is 27.9 Å². The van der Waals surface area contributed by atoms with Crippen LogP contribution in [0.15, 0.2) is 18.2 Å². The summed E-state index contributed by atoms with van der Waals surface area (Å²) in [5, 5.41) is 0. The fourth-order valence-corrected chi connectivity index (χ4v) is 1.28. The van der Waals surface area contributed by atoms with Crippen LogP contribution in [-0.4, -0.2) is 12.0 Å². The fraction of sp³-hybridized carbons (Fsp3) is 0.250. The standard InChI is InChI=1S/C12H9F3OS/c13-12(14,15)11-5-4-9(3-1-2-6-17)10(7-11)8-16/h4-5,7-8,17H,2,6H2. The van der Waals surface area contributed by atoms with E-state index in [9.17, 15) is 18.0 Å². The molecule has 1 aromatic rings. The highest BCUT2D eigenvalue weighted by molar-refractivity contribution is 7.80. The Bertz CT molecular complexity index is 469. The number of alkyl halides is 3. The van der Waals surface area contributed by atoms with Crippen molar-refractivity contribution in [3.63, 3.8) is 0 Å². The average Bonchev–Trinajstić information content (AvgIpc) is 2.28. The number of halogens is 3. The predicted octanol–water partition coefficient (Wildman–Crippen LogP) is 3.19. The zero-order valence-electron chi connectivity index (χ0n) is 8.71. The SMILES string of the molecule is O=Cc1cc(C(F)(F)F)ccc1C#CCCS. The van der Waals surface area contributed by atoms with E-state index in [4.69, 9.17) is 0 Å². The summed E-state index contributed by atoms with van der Waals surface area (Å²) < 4.78 is 37.1. The minimum Gasteiger partial charge on any atom is -0.298 e. The van der Waals surface area contributed by atoms with Gasteiger partial charge in [0.2, 0.25) is 0 Å². The lowest BCUT2D eigenvalue weighted by Crippen LogP contribution is -2.06. The molecule has 5 heteroatoms. The third-order valence-electron chi connectivity index (χ3n) is 1.97. The van der Waals surface area contributed by atoms with Crippen molar-refractivity contribution in [3.05, 3.63) is 34.9 Å². The molecule has 0 aliphatic rings. The number of carbonyl (C=O) groups excluding carboxylic acids is 1. The monoisotopic (exact) mass is 258 g/mol. The minimum absolute atomic E-state index is 0.0495. The Kier molecular flexibility index (Phi) is 4.64. The maximum atomic E-state index is 12.4. The molecule has 0 atom stereocenters. The second kappa shape index (κ2) is 5.78. The molecule has 0 aromatic heterocycles. The van der Waals surface area contributed by atoms with Crippen molar-refractivity contribution in [1.82, 2.24) is 0 Å². The number of carbonyl (C=O) groups is 1. The molecule has 0 radical (unpaired) electrons. The lowest BCUT2D eigenvalue weighted by molar-refractivity contribution is -0.137. The Morgan fingerprint density at radius 3 is 2.59 bits per heavy atom. The molecule has 0 aliphatic heterocycles. The highest BCUT2D eigenvalue weighted by atomic mass is 32.1. The Balaban J connectivity index is 3.12. The van der Waals surface area contributed by atoms with E-state index < -0.39 is 11.7 Å². The van der Waals surface area contributed by atoms with Crippen LogP contribution in [0.3, 0.4) is 0 Å². The first-order chi connectivity index (χ1) is 7.99. The number of hydrogen-bond donors (Lipinski definition) is 1. The summed E-state index contributed by atoms with van der Waals surface area (Å²) in [6.45, 7) is 0. The largest absolute Gasteiger partial charge is 0.416 e. The third-order valence-corrected chi connectivity index (χ3v) is 2.19. The van der Waals surface area contributed by atoms with E-state index in [1.807, 2.05) is 0 Å². The van der Waals surface area contributed by atoms with Gasteiger partial charge in [0.1, 0.15) is 0 Å². The molecule has 0 heterocycles. The molecule has 90 valence electrons. The van der Waals surface area contributed by atoms with Crippen LogP contribution in [0.4, 0.5) is 13.2 Å². The van der Waals surface area contributed by atoms with Gasteiger partial charge in [0.15, 0.2) is 6.29 Å². The fourth-order valence-electron chi connectivity index (χ4n) is 1.16. The molecule has 0 N–H and O–H groups in total. The van der Waals surface area contributed by atoms with Gasteiger partial charge in [-0.05, 0) is 18.2 Å². The quantitative estimate of drug-likeness (QED) is 0.490. The van der Waals surface area contributed by atoms with Crippen LogP contribution in [0, 0.1) is 11.8 Å². The number of thiol groups is 1. The van der Waals surface area contributed by atoms with Gasteiger partial charge in [0, 0.05) is 23.3 Å². The second-order valence-corrected chi connectivity index (χ2v) is 3.64. The van der Waals surface area contributed by atoms with Gasteiger partial charge in [-0.3, -0.25) is 4.79 Å². The van der Waals surface area contributed by atoms with Gasteiger partial charge in [0.05, 0.1) is 5.56 Å². The molecule has 17 heavy (non-hydrogen) atoms. The molecular weight excluding hydrogens is 249 g/mol. The van der Waals surface area contributed by atoms with Crippen LogP contribution in [0.2, 0.25) is 0 Å². The molecule has 0 saturated carbocycles. The van der Waals surface area contributed by atoms with Gasteiger partial charge in [-0.2, -0.15) is 25.8 Å². The molecule has 0 bridgehead atoms. The van der Waals surface area contributed by atoms with Crippen molar-refractivity contribution >= 4 is 18.9 Å². The molecule has 1 nitrogen and oxygen atoms in total. The van der Waals surface area contributed by atoms with Crippen molar-refractivity contribution in [1.29, 1.82) is 0 Å². The van der Waals surface area contributed by atoms with Gasteiger partial charge in [-0.25, -0.2) is 0 Å². The van der Waals surface area contributed by atoms with Crippen molar-refractivity contribution in [2.45, 2.75) is 12.6 Å². The van der Waals surface area contributed by atoms with Crippen LogP contribution in [0.25, 0.3) is 0 Å². The Morgan fingerprint density at radius 1 is 1.35 bits per heavy atom. The van der Waals surface area contributed by atoms with Gasteiger partial charge in [-0.1, -0.05) is 11.8 Å². The van der Waals surface area contributed by atoms with Crippen LogP contribution in [0.5, 0.6) is 0 Å². The van der Waals surface area contributed by atoms with E-state index in [-0.39, 0.29) is 5.56 Å². The normalized spacial score (nSPS) is 10.6. The van der Waals surface area contributed by atoms with Crippen LogP contribution in [-0.2, 0) is 6.18 Å². The summed E-state index contributed by atoms with van der Waals surface area (Å²) in [6.07, 6.45) is -3.56. The Labute approximate surface area is 102 Å². The summed E-state index contributed by atoms with van der Waals surface area (Å²) in [4.78, 5) is 10.7. The summed E-state index contributed by atoms with van der Waals surface area (Å²) in [6, 6.07) is 2.92. The second-order valence-electron chi connectivity index (χ2n) is 3.19. The summed E-state index contributed by atoms with van der Waals surface area (Å²) in [5.74, 6) is 5.92. The Hall–Kier alpha value is -1.41. The molecule has 0 fully saturated rings. The van der Waals surface area contributed by atoms with E-state index in [2.05, 4.69) is 24.5 Å². The van der Waals surface area contributed by atoms with Gasteiger partial charge in [-0.15, -0.1) is 0 Å². The van der Waals surface area contributed by atoms with Crippen molar-refractivity contribution in [2.24, 2.45) is 0 Å². The van der Waals surface area contributed by atoms with Crippen LogP contribution >= 0.6 is 12.6 Å². The molecule has 1 rings (SSSR count). The molecule has 0 aliphatic carbocycles. The molecule has 0 spiro atoms. The van der Waals surface area contributed by atoms with E-state index >= 15 is 0 Å². The number of hydrogen-bond acceptors (Lipinski definition) is 2. The molecule has 1 aromatic carbocycles. The van der Waals surface area contributed by atoms with Crippen molar-refractivity contribution < 1.29 is 18.0 Å². The van der Waals surface area contributed by atoms with Gasteiger partial charge in [0.25, 0.3) is 0 Å². The van der Waals surface area contributed by atoms with E-state index in [0.717, 1.165) is 12.1 Å². The first-order valence-electron chi connectivity index (χ1n) is 4.75. The maximum absolute atomic E-state index is 12.4. The van der Waals surface area contributed by atoms with E-state index in [0.29, 0.717) is 24.0 Å². The highest BCUT2D eigenvalue weighted by Gasteiger charge is 2.30. The van der Waals surface area contributed by atoms with E-state index in [1.165, 1.54) is 6.07 Å². The van der Waals surface area contributed by atoms with E-state index in [1.54, 1.807) is 0 Å². The minimum atomic E-state index is -4.45. The zero-order chi connectivity index (χ0) is 12.9. The molecule has 0 saturated heterocycles. The van der Waals surface area contributed by atoms with Crippen molar-refractivity contribution in [2.75, 3.05) is 5.75 Å². The topological polar surface area (TPSA) is 17.1 Å². The number of aldehydes is 1.